The zero-order valence-corrected chi connectivity index (χ0v) is 18.9. The van der Waals surface area contributed by atoms with Crippen LogP contribution in [0.1, 0.15) is 37.4 Å². The van der Waals surface area contributed by atoms with Gasteiger partial charge in [0.25, 0.3) is 0 Å². The molecular weight excluding hydrogens is 402 g/mol. The Hall–Kier alpha value is -2.60. The Bertz CT molecular complexity index is 941. The molecule has 32 heavy (non-hydrogen) atoms. The van der Waals surface area contributed by atoms with Crippen molar-refractivity contribution in [3.05, 3.63) is 53.9 Å². The number of benzene rings is 1. The van der Waals surface area contributed by atoms with Gasteiger partial charge in [0.2, 0.25) is 12.7 Å². The van der Waals surface area contributed by atoms with E-state index in [1.807, 2.05) is 24.3 Å². The molecular formula is C26H33N3O3. The number of hydrogen-bond acceptors (Lipinski definition) is 5. The standard InChI is InChI=1S/C26H33N3O3/c1-19(14-20-5-6-23-24(15-20)32-18-31-23)17-29-12-8-26(9-13-29)16-22(26)25(30)28-11-7-21-4-2-3-10-27-21/h2-6,10,15,19,22H,7-9,11-14,16-18H2,1H3,(H,28,30)/t19-,22+/m0/s1. The van der Waals surface area contributed by atoms with Crippen LogP contribution in [0.5, 0.6) is 11.5 Å². The molecule has 1 amide bonds. The van der Waals surface area contributed by atoms with Crippen molar-refractivity contribution in [1.82, 2.24) is 15.2 Å². The van der Waals surface area contributed by atoms with Gasteiger partial charge >= 0.3 is 0 Å². The van der Waals surface area contributed by atoms with Crippen LogP contribution in [0.2, 0.25) is 0 Å². The lowest BCUT2D eigenvalue weighted by atomic mass is 9.89. The number of carbonyl (C=O) groups excluding carboxylic acids is 1. The van der Waals surface area contributed by atoms with Gasteiger partial charge in [0, 0.05) is 37.3 Å². The first kappa shape index (κ1) is 21.3. The highest BCUT2D eigenvalue weighted by Crippen LogP contribution is 2.59. The van der Waals surface area contributed by atoms with Gasteiger partial charge in [-0.05, 0) is 79.9 Å². The van der Waals surface area contributed by atoms with Crippen LogP contribution in [0.15, 0.2) is 42.6 Å². The fraction of sp³-hybridized carbons (Fsp3) is 0.538. The second-order valence-corrected chi connectivity index (χ2v) is 9.78. The lowest BCUT2D eigenvalue weighted by Gasteiger charge is -2.34. The van der Waals surface area contributed by atoms with E-state index < -0.39 is 0 Å². The van der Waals surface area contributed by atoms with Crippen LogP contribution >= 0.6 is 0 Å². The first-order valence-corrected chi connectivity index (χ1v) is 11.9. The topological polar surface area (TPSA) is 63.7 Å². The minimum atomic E-state index is 0.208. The number of rotatable bonds is 8. The van der Waals surface area contributed by atoms with Crippen LogP contribution in [0.3, 0.4) is 0 Å². The van der Waals surface area contributed by atoms with Crippen molar-refractivity contribution >= 4 is 5.91 Å². The number of ether oxygens (including phenoxy) is 2. The summed E-state index contributed by atoms with van der Waals surface area (Å²) in [5, 5.41) is 3.14. The van der Waals surface area contributed by atoms with Crippen molar-refractivity contribution in [1.29, 1.82) is 0 Å². The van der Waals surface area contributed by atoms with Crippen LogP contribution in [0, 0.1) is 17.3 Å². The zero-order valence-electron chi connectivity index (χ0n) is 18.9. The van der Waals surface area contributed by atoms with E-state index in [-0.39, 0.29) is 17.2 Å². The maximum Gasteiger partial charge on any atom is 0.231 e. The van der Waals surface area contributed by atoms with Crippen LogP contribution in [-0.2, 0) is 17.6 Å². The zero-order chi connectivity index (χ0) is 22.0. The predicted octanol–water partition coefficient (Wildman–Crippen LogP) is 3.45. The Kier molecular flexibility index (Phi) is 6.05. The van der Waals surface area contributed by atoms with Crippen molar-refractivity contribution in [2.75, 3.05) is 33.0 Å². The van der Waals surface area contributed by atoms with Crippen molar-refractivity contribution in [2.24, 2.45) is 17.3 Å². The number of amides is 1. The molecule has 0 radical (unpaired) electrons. The lowest BCUT2D eigenvalue weighted by Crippen LogP contribution is -2.39. The molecule has 1 N–H and O–H groups in total. The maximum absolute atomic E-state index is 12.6. The molecule has 170 valence electrons. The lowest BCUT2D eigenvalue weighted by molar-refractivity contribution is -0.123. The highest BCUT2D eigenvalue weighted by atomic mass is 16.7. The molecule has 2 aromatic rings. The van der Waals surface area contributed by atoms with Gasteiger partial charge in [0.05, 0.1) is 0 Å². The number of nitrogens with one attached hydrogen (secondary N) is 1. The molecule has 1 saturated heterocycles. The Labute approximate surface area is 190 Å². The summed E-state index contributed by atoms with van der Waals surface area (Å²) >= 11 is 0. The average Bonchev–Trinajstić information content (AvgIpc) is 3.29. The molecule has 1 saturated carbocycles. The van der Waals surface area contributed by atoms with E-state index in [9.17, 15) is 4.79 Å². The van der Waals surface area contributed by atoms with E-state index in [4.69, 9.17) is 9.47 Å². The number of likely N-dealkylation sites (tertiary alicyclic amines) is 1. The Balaban J connectivity index is 1.03. The summed E-state index contributed by atoms with van der Waals surface area (Å²) in [4.78, 5) is 19.6. The smallest absolute Gasteiger partial charge is 0.231 e. The van der Waals surface area contributed by atoms with E-state index in [1.54, 1.807) is 6.20 Å². The van der Waals surface area contributed by atoms with Gasteiger partial charge in [0.1, 0.15) is 0 Å². The third-order valence-electron chi connectivity index (χ3n) is 7.36. The quantitative estimate of drug-likeness (QED) is 0.688. The average molecular weight is 436 g/mol. The van der Waals surface area contributed by atoms with E-state index in [0.29, 0.717) is 19.3 Å². The summed E-state index contributed by atoms with van der Waals surface area (Å²) in [6, 6.07) is 12.2. The van der Waals surface area contributed by atoms with Gasteiger partial charge < -0.3 is 19.7 Å². The molecule has 5 rings (SSSR count). The summed E-state index contributed by atoms with van der Waals surface area (Å²) in [6.07, 6.45) is 6.98. The number of pyridine rings is 1. The van der Waals surface area contributed by atoms with Gasteiger partial charge in [-0.25, -0.2) is 0 Å². The number of nitrogens with zero attached hydrogens (tertiary/aromatic N) is 2. The highest BCUT2D eigenvalue weighted by Gasteiger charge is 2.58. The first-order chi connectivity index (χ1) is 15.6. The van der Waals surface area contributed by atoms with Gasteiger partial charge in [0.15, 0.2) is 11.5 Å². The van der Waals surface area contributed by atoms with Crippen molar-refractivity contribution in [3.8, 4) is 11.5 Å². The molecule has 1 aliphatic carbocycles. The number of hydrogen-bond donors (Lipinski definition) is 1. The molecule has 1 spiro atoms. The number of fused-ring (bicyclic) bond motifs is 1. The summed E-state index contributed by atoms with van der Waals surface area (Å²) < 4.78 is 10.9. The molecule has 6 heteroatoms. The Morgan fingerprint density at radius 3 is 2.88 bits per heavy atom. The molecule has 1 aromatic carbocycles. The first-order valence-electron chi connectivity index (χ1n) is 11.9. The van der Waals surface area contributed by atoms with Gasteiger partial charge in [-0.1, -0.05) is 19.1 Å². The minimum absolute atomic E-state index is 0.208. The van der Waals surface area contributed by atoms with Gasteiger partial charge in [-0.2, -0.15) is 0 Å². The molecule has 0 bridgehead atoms. The fourth-order valence-corrected chi connectivity index (χ4v) is 5.41. The molecule has 2 fully saturated rings. The van der Waals surface area contributed by atoms with Crippen molar-refractivity contribution in [2.45, 2.75) is 39.0 Å². The summed E-state index contributed by atoms with van der Waals surface area (Å²) in [7, 11) is 0. The summed E-state index contributed by atoms with van der Waals surface area (Å²) in [6.45, 7) is 6.63. The monoisotopic (exact) mass is 435 g/mol. The second-order valence-electron chi connectivity index (χ2n) is 9.78. The molecule has 3 heterocycles. The van der Waals surface area contributed by atoms with Crippen LogP contribution < -0.4 is 14.8 Å². The van der Waals surface area contributed by atoms with E-state index in [0.717, 1.165) is 68.9 Å². The minimum Gasteiger partial charge on any atom is -0.454 e. The second kappa shape index (κ2) is 9.10. The van der Waals surface area contributed by atoms with Crippen LogP contribution in [-0.4, -0.2) is 48.8 Å². The predicted molar refractivity (Wildman–Crippen MR) is 123 cm³/mol. The van der Waals surface area contributed by atoms with E-state index >= 15 is 0 Å². The van der Waals surface area contributed by atoms with Crippen LogP contribution in [0.4, 0.5) is 0 Å². The van der Waals surface area contributed by atoms with E-state index in [2.05, 4.69) is 34.3 Å². The van der Waals surface area contributed by atoms with E-state index in [1.165, 1.54) is 5.56 Å². The van der Waals surface area contributed by atoms with Crippen molar-refractivity contribution < 1.29 is 14.3 Å². The normalized spacial score (nSPS) is 22.0. The Morgan fingerprint density at radius 2 is 2.06 bits per heavy atom. The summed E-state index contributed by atoms with van der Waals surface area (Å²) in [5.74, 6) is 2.74. The molecule has 2 aliphatic heterocycles. The maximum atomic E-state index is 12.6. The Morgan fingerprint density at radius 1 is 1.22 bits per heavy atom. The number of aromatic nitrogens is 1. The van der Waals surface area contributed by atoms with Crippen LogP contribution in [0.25, 0.3) is 0 Å². The fourth-order valence-electron chi connectivity index (χ4n) is 5.41. The number of piperidine rings is 1. The third-order valence-corrected chi connectivity index (χ3v) is 7.36. The highest BCUT2D eigenvalue weighted by molar-refractivity contribution is 5.82. The molecule has 0 unspecified atom stereocenters. The third kappa shape index (κ3) is 4.75. The SMILES string of the molecule is C[C@@H](Cc1ccc2c(c1)OCO2)CN1CCC2(CC1)C[C@@H]2C(=O)NCCc1ccccn1. The molecule has 2 atom stereocenters. The summed E-state index contributed by atoms with van der Waals surface area (Å²) in [5.41, 5.74) is 2.59. The number of carbonyl (C=O) groups is 1. The van der Waals surface area contributed by atoms with Gasteiger partial charge in [-0.3, -0.25) is 9.78 Å². The largest absolute Gasteiger partial charge is 0.454 e. The van der Waals surface area contributed by atoms with Crippen molar-refractivity contribution in [3.63, 3.8) is 0 Å². The molecule has 6 nitrogen and oxygen atoms in total. The molecule has 3 aliphatic rings. The molecule has 1 aromatic heterocycles. The van der Waals surface area contributed by atoms with Gasteiger partial charge in [-0.15, -0.1) is 0 Å².